The molecule has 8 aromatic rings. The van der Waals surface area contributed by atoms with Gasteiger partial charge in [0.1, 0.15) is 0 Å². The Kier molecular flexibility index (Phi) is 5.53. The number of rotatable bonds is 3. The topological polar surface area (TPSA) is 50.7 Å². The molecule has 4 heteroatoms. The molecule has 0 spiro atoms. The molecule has 5 aromatic carbocycles. The van der Waals surface area contributed by atoms with Gasteiger partial charge in [-0.2, -0.15) is 0 Å². The minimum Gasteiger partial charge on any atom is -0.371 e. The lowest BCUT2D eigenvalue weighted by Gasteiger charge is -2.25. The summed E-state index contributed by atoms with van der Waals surface area (Å²) < 4.78 is 0. The molecule has 1 N–H and O–H groups in total. The van der Waals surface area contributed by atoms with Crippen molar-refractivity contribution in [1.82, 2.24) is 20.3 Å². The van der Waals surface area contributed by atoms with Crippen LogP contribution in [0.5, 0.6) is 0 Å². The van der Waals surface area contributed by atoms with E-state index in [9.17, 15) is 0 Å². The van der Waals surface area contributed by atoms with Crippen LogP contribution in [0.25, 0.3) is 65.5 Å². The molecule has 0 aliphatic carbocycles. The van der Waals surface area contributed by atoms with Crippen molar-refractivity contribution in [3.63, 3.8) is 0 Å². The van der Waals surface area contributed by atoms with E-state index in [4.69, 9.17) is 15.0 Å². The second kappa shape index (κ2) is 9.85. The van der Waals surface area contributed by atoms with Gasteiger partial charge in [0.15, 0.2) is 0 Å². The van der Waals surface area contributed by atoms with Gasteiger partial charge in [-0.3, -0.25) is 9.97 Å². The molecule has 1 atom stereocenters. The first-order valence-corrected chi connectivity index (χ1v) is 14.9. The van der Waals surface area contributed by atoms with E-state index < -0.39 is 0 Å². The highest BCUT2D eigenvalue weighted by Crippen LogP contribution is 2.35. The van der Waals surface area contributed by atoms with Crippen LogP contribution in [0.4, 0.5) is 0 Å². The van der Waals surface area contributed by atoms with Crippen LogP contribution in [0.1, 0.15) is 23.0 Å². The number of allylic oxidation sites excluding steroid dienone is 2. The molecule has 4 heterocycles. The molecule has 1 unspecified atom stereocenters. The quantitative estimate of drug-likeness (QED) is 0.218. The highest BCUT2D eigenvalue weighted by atomic mass is 15.0. The molecule has 0 fully saturated rings. The van der Waals surface area contributed by atoms with Crippen LogP contribution in [0.3, 0.4) is 0 Å². The maximum atomic E-state index is 5.18. The number of nitrogens with zero attached hydrogens (tertiary/aromatic N) is 3. The van der Waals surface area contributed by atoms with Crippen molar-refractivity contribution in [3.8, 4) is 0 Å². The summed E-state index contributed by atoms with van der Waals surface area (Å²) in [6.07, 6.45) is 6.32. The highest BCUT2D eigenvalue weighted by Gasteiger charge is 2.22. The second-order valence-corrected chi connectivity index (χ2v) is 11.4. The van der Waals surface area contributed by atoms with Gasteiger partial charge in [0, 0.05) is 27.9 Å². The number of hydrogen-bond donors (Lipinski definition) is 1. The molecule has 0 radical (unpaired) electrons. The molecule has 206 valence electrons. The summed E-state index contributed by atoms with van der Waals surface area (Å²) in [5.74, 6) is 0. The van der Waals surface area contributed by atoms with Gasteiger partial charge in [-0.15, -0.1) is 0 Å². The standard InChI is InChI=1S/C40H26N4/c1-3-9-28-21-36-30(19-26(28)7-1)14-16-34(42-36)38-23-32(33-13-5-11-25-12-6-18-41-40(25)33)24-39(44-38)35-17-15-31-20-27-8-2-4-10-29(27)22-37(31)43-35/h1-24,38,44H. The van der Waals surface area contributed by atoms with Crippen LogP contribution in [-0.2, 0) is 0 Å². The number of dihydropyridines is 1. The Balaban J connectivity index is 1.20. The molecule has 9 rings (SSSR count). The molecular formula is C40H26N4. The fraction of sp³-hybridized carbons (Fsp3) is 0.0250. The molecule has 3 aromatic heterocycles. The summed E-state index contributed by atoms with van der Waals surface area (Å²) in [6, 6.07) is 44.5. The summed E-state index contributed by atoms with van der Waals surface area (Å²) in [6.45, 7) is 0. The van der Waals surface area contributed by atoms with E-state index in [2.05, 4.69) is 139 Å². The van der Waals surface area contributed by atoms with Crippen molar-refractivity contribution >= 4 is 65.5 Å². The smallest absolute Gasteiger partial charge is 0.0879 e. The summed E-state index contributed by atoms with van der Waals surface area (Å²) in [7, 11) is 0. The number of fused-ring (bicyclic) bond motifs is 5. The molecular weight excluding hydrogens is 536 g/mol. The van der Waals surface area contributed by atoms with E-state index >= 15 is 0 Å². The van der Waals surface area contributed by atoms with Crippen molar-refractivity contribution < 1.29 is 0 Å². The van der Waals surface area contributed by atoms with Gasteiger partial charge in [0.2, 0.25) is 0 Å². The van der Waals surface area contributed by atoms with Crippen molar-refractivity contribution in [2.75, 3.05) is 0 Å². The number of aromatic nitrogens is 3. The zero-order valence-corrected chi connectivity index (χ0v) is 23.8. The van der Waals surface area contributed by atoms with Crippen molar-refractivity contribution in [1.29, 1.82) is 0 Å². The van der Waals surface area contributed by atoms with Gasteiger partial charge < -0.3 is 5.32 Å². The van der Waals surface area contributed by atoms with Crippen LogP contribution in [-0.4, -0.2) is 15.0 Å². The molecule has 0 amide bonds. The van der Waals surface area contributed by atoms with Gasteiger partial charge in [-0.05, 0) is 81.7 Å². The third kappa shape index (κ3) is 4.19. The number of para-hydroxylation sites is 1. The van der Waals surface area contributed by atoms with E-state index in [1.807, 2.05) is 12.3 Å². The molecule has 0 saturated heterocycles. The molecule has 0 saturated carbocycles. The average Bonchev–Trinajstić information content (AvgIpc) is 3.09. The van der Waals surface area contributed by atoms with Crippen molar-refractivity contribution in [2.24, 2.45) is 0 Å². The zero-order chi connectivity index (χ0) is 29.0. The Morgan fingerprint density at radius 3 is 1.91 bits per heavy atom. The van der Waals surface area contributed by atoms with Crippen LogP contribution in [0.15, 0.2) is 146 Å². The predicted octanol–water partition coefficient (Wildman–Crippen LogP) is 9.41. The predicted molar refractivity (Wildman–Crippen MR) is 182 cm³/mol. The first-order chi connectivity index (χ1) is 21.7. The molecule has 1 aliphatic heterocycles. The molecule has 4 nitrogen and oxygen atoms in total. The Morgan fingerprint density at radius 1 is 0.523 bits per heavy atom. The van der Waals surface area contributed by atoms with E-state index in [0.29, 0.717) is 0 Å². The van der Waals surface area contributed by atoms with Gasteiger partial charge >= 0.3 is 0 Å². The first-order valence-electron chi connectivity index (χ1n) is 14.9. The van der Waals surface area contributed by atoms with E-state index in [1.165, 1.54) is 21.5 Å². The second-order valence-electron chi connectivity index (χ2n) is 11.4. The van der Waals surface area contributed by atoms with E-state index in [-0.39, 0.29) is 6.04 Å². The summed E-state index contributed by atoms with van der Waals surface area (Å²) in [5.41, 5.74) is 7.92. The third-order valence-corrected chi connectivity index (χ3v) is 8.63. The lowest BCUT2D eigenvalue weighted by Crippen LogP contribution is -2.23. The minimum absolute atomic E-state index is 0.158. The maximum absolute atomic E-state index is 5.18. The number of benzene rings is 5. The van der Waals surface area contributed by atoms with Crippen LogP contribution in [0, 0.1) is 0 Å². The lowest BCUT2D eigenvalue weighted by molar-refractivity contribution is 0.741. The first kappa shape index (κ1) is 24.7. The van der Waals surface area contributed by atoms with Gasteiger partial charge in [-0.1, -0.05) is 84.9 Å². The van der Waals surface area contributed by atoms with E-state index in [0.717, 1.165) is 60.9 Å². The van der Waals surface area contributed by atoms with Crippen LogP contribution < -0.4 is 5.32 Å². The highest BCUT2D eigenvalue weighted by molar-refractivity contribution is 6.00. The summed E-state index contributed by atoms with van der Waals surface area (Å²) in [5, 5.41) is 11.9. The van der Waals surface area contributed by atoms with Gasteiger partial charge in [0.25, 0.3) is 0 Å². The normalized spacial score (nSPS) is 15.0. The number of nitrogens with one attached hydrogen (secondary N) is 1. The van der Waals surface area contributed by atoms with E-state index in [1.54, 1.807) is 0 Å². The number of hydrogen-bond acceptors (Lipinski definition) is 4. The molecule has 1 aliphatic rings. The van der Waals surface area contributed by atoms with Crippen molar-refractivity contribution in [3.05, 3.63) is 163 Å². The molecule has 44 heavy (non-hydrogen) atoms. The van der Waals surface area contributed by atoms with Crippen LogP contribution >= 0.6 is 0 Å². The Labute approximate surface area is 254 Å². The monoisotopic (exact) mass is 562 g/mol. The Hall–Kier alpha value is -5.87. The fourth-order valence-corrected chi connectivity index (χ4v) is 6.41. The minimum atomic E-state index is -0.158. The zero-order valence-electron chi connectivity index (χ0n) is 23.8. The lowest BCUT2D eigenvalue weighted by atomic mass is 9.94. The third-order valence-electron chi connectivity index (χ3n) is 8.63. The van der Waals surface area contributed by atoms with Gasteiger partial charge in [-0.25, -0.2) is 4.98 Å². The largest absolute Gasteiger partial charge is 0.371 e. The van der Waals surface area contributed by atoms with Crippen LogP contribution in [0.2, 0.25) is 0 Å². The Bertz CT molecular complexity index is 2490. The average molecular weight is 563 g/mol. The fourth-order valence-electron chi connectivity index (χ4n) is 6.41. The maximum Gasteiger partial charge on any atom is 0.0879 e. The summed E-state index contributed by atoms with van der Waals surface area (Å²) in [4.78, 5) is 15.1. The molecule has 0 bridgehead atoms. The Morgan fingerprint density at radius 2 is 1.16 bits per heavy atom. The van der Waals surface area contributed by atoms with Gasteiger partial charge in [0.05, 0.1) is 39.7 Å². The summed E-state index contributed by atoms with van der Waals surface area (Å²) >= 11 is 0. The number of pyridine rings is 3. The van der Waals surface area contributed by atoms with Crippen molar-refractivity contribution in [2.45, 2.75) is 6.04 Å². The SMILES string of the molecule is C1=C(c2ccc3cc4ccccc4cc3n2)NC(c2ccc3cc4ccccc4cc3n2)C=C1c1cccc2cccnc12.